The fraction of sp³-hybridized carbons (Fsp3) is 0.500. The van der Waals surface area contributed by atoms with Crippen molar-refractivity contribution in [2.75, 3.05) is 0 Å². The van der Waals surface area contributed by atoms with Gasteiger partial charge in [0.2, 0.25) is 0 Å². The Labute approximate surface area is 148 Å². The van der Waals surface area contributed by atoms with E-state index in [4.69, 9.17) is 0 Å². The van der Waals surface area contributed by atoms with E-state index in [1.165, 1.54) is 27.5 Å². The minimum atomic E-state index is 0.00265. The minimum absolute atomic E-state index is 0.00265. The SMILES string of the molecule is CC(C)(C)C#Cc1c(C(C)(C)C)ccc2cc(C(C)(C)C)ccc12. The second kappa shape index (κ2) is 5.96. The Hall–Kier alpha value is -1.74. The van der Waals surface area contributed by atoms with Crippen molar-refractivity contribution in [1.82, 2.24) is 0 Å². The highest BCUT2D eigenvalue weighted by atomic mass is 14.2. The molecule has 0 radical (unpaired) electrons. The van der Waals surface area contributed by atoms with Crippen molar-refractivity contribution in [2.24, 2.45) is 5.41 Å². The minimum Gasteiger partial charge on any atom is -0.0919 e. The van der Waals surface area contributed by atoms with Gasteiger partial charge < -0.3 is 0 Å². The van der Waals surface area contributed by atoms with E-state index in [0.717, 1.165) is 0 Å². The van der Waals surface area contributed by atoms with Gasteiger partial charge in [0.1, 0.15) is 0 Å². The fourth-order valence-electron chi connectivity index (χ4n) is 2.81. The van der Waals surface area contributed by atoms with Gasteiger partial charge in [0.25, 0.3) is 0 Å². The zero-order valence-corrected chi connectivity index (χ0v) is 16.9. The first-order valence-corrected chi connectivity index (χ1v) is 8.90. The molecule has 0 aliphatic carbocycles. The number of fused-ring (bicyclic) bond motifs is 1. The molecule has 0 bridgehead atoms. The van der Waals surface area contributed by atoms with Gasteiger partial charge in [-0.3, -0.25) is 0 Å². The molecule has 0 nitrogen and oxygen atoms in total. The third-order valence-electron chi connectivity index (χ3n) is 4.26. The van der Waals surface area contributed by atoms with Crippen LogP contribution < -0.4 is 0 Å². The van der Waals surface area contributed by atoms with Gasteiger partial charge in [-0.15, -0.1) is 0 Å². The molecule has 0 saturated carbocycles. The standard InChI is InChI=1S/C24H32/c1-22(2,3)15-14-20-19-12-11-18(23(4,5)6)16-17(19)10-13-21(20)24(7,8)9/h10-13,16H,1-9H3. The molecule has 0 unspecified atom stereocenters. The number of hydrogen-bond donors (Lipinski definition) is 0. The molecule has 0 aliphatic heterocycles. The van der Waals surface area contributed by atoms with E-state index < -0.39 is 0 Å². The summed E-state index contributed by atoms with van der Waals surface area (Å²) in [6.45, 7) is 20.1. The molecule has 0 spiro atoms. The van der Waals surface area contributed by atoms with Gasteiger partial charge in [-0.25, -0.2) is 0 Å². The summed E-state index contributed by atoms with van der Waals surface area (Å²) in [6, 6.07) is 11.4. The zero-order chi connectivity index (χ0) is 18.3. The fourth-order valence-corrected chi connectivity index (χ4v) is 2.81. The highest BCUT2D eigenvalue weighted by Gasteiger charge is 2.20. The van der Waals surface area contributed by atoms with Crippen molar-refractivity contribution in [2.45, 2.75) is 73.1 Å². The molecule has 2 rings (SSSR count). The Morgan fingerprint density at radius 1 is 0.708 bits per heavy atom. The third kappa shape index (κ3) is 4.21. The lowest BCUT2D eigenvalue weighted by molar-refractivity contribution is 0.570. The summed E-state index contributed by atoms with van der Waals surface area (Å²) in [7, 11) is 0. The van der Waals surface area contributed by atoms with Gasteiger partial charge in [-0.2, -0.15) is 0 Å². The van der Waals surface area contributed by atoms with Crippen LogP contribution in [0.15, 0.2) is 30.3 Å². The lowest BCUT2D eigenvalue weighted by Gasteiger charge is -2.24. The highest BCUT2D eigenvalue weighted by molar-refractivity contribution is 5.90. The molecule has 2 aromatic carbocycles. The third-order valence-corrected chi connectivity index (χ3v) is 4.26. The Bertz CT molecular complexity index is 804. The summed E-state index contributed by atoms with van der Waals surface area (Å²) in [4.78, 5) is 0. The topological polar surface area (TPSA) is 0 Å². The Balaban J connectivity index is 2.79. The quantitative estimate of drug-likeness (QED) is 0.466. The van der Waals surface area contributed by atoms with E-state index in [2.05, 4.69) is 104 Å². The van der Waals surface area contributed by atoms with Crippen LogP contribution in [0.4, 0.5) is 0 Å². The zero-order valence-electron chi connectivity index (χ0n) is 16.9. The molecule has 128 valence electrons. The molecule has 0 saturated heterocycles. The van der Waals surface area contributed by atoms with Gasteiger partial charge in [-0.1, -0.05) is 83.7 Å². The predicted molar refractivity (Wildman–Crippen MR) is 108 cm³/mol. The lowest BCUT2D eigenvalue weighted by Crippen LogP contribution is -2.14. The molecule has 0 N–H and O–H groups in total. The Kier molecular flexibility index (Phi) is 4.62. The molecule has 0 heteroatoms. The molecular formula is C24H32. The van der Waals surface area contributed by atoms with Crippen LogP contribution in [0.25, 0.3) is 10.8 Å². The maximum Gasteiger partial charge on any atom is 0.0361 e. The molecule has 0 amide bonds. The number of benzene rings is 2. The van der Waals surface area contributed by atoms with Crippen LogP contribution in [0, 0.1) is 17.3 Å². The van der Waals surface area contributed by atoms with E-state index in [0.29, 0.717) is 0 Å². The number of rotatable bonds is 0. The average molecular weight is 321 g/mol. The second-order valence-corrected chi connectivity index (χ2v) is 9.92. The maximum absolute atomic E-state index is 3.51. The summed E-state index contributed by atoms with van der Waals surface area (Å²) in [5.74, 6) is 6.95. The van der Waals surface area contributed by atoms with Crippen molar-refractivity contribution in [3.8, 4) is 11.8 Å². The van der Waals surface area contributed by atoms with Crippen molar-refractivity contribution < 1.29 is 0 Å². The van der Waals surface area contributed by atoms with Crippen LogP contribution in [0.3, 0.4) is 0 Å². The second-order valence-electron chi connectivity index (χ2n) is 9.92. The largest absolute Gasteiger partial charge is 0.0919 e. The summed E-state index contributed by atoms with van der Waals surface area (Å²) in [5.41, 5.74) is 4.13. The monoisotopic (exact) mass is 320 g/mol. The first-order valence-electron chi connectivity index (χ1n) is 8.90. The van der Waals surface area contributed by atoms with Crippen LogP contribution in [0.1, 0.15) is 79.0 Å². The van der Waals surface area contributed by atoms with E-state index >= 15 is 0 Å². The van der Waals surface area contributed by atoms with Gasteiger partial charge in [-0.05, 0) is 53.5 Å². The molecular weight excluding hydrogens is 288 g/mol. The first kappa shape index (κ1) is 18.6. The molecule has 0 fully saturated rings. The normalized spacial score (nSPS) is 12.9. The molecule has 24 heavy (non-hydrogen) atoms. The molecule has 0 aliphatic rings. The van der Waals surface area contributed by atoms with E-state index in [-0.39, 0.29) is 16.2 Å². The summed E-state index contributed by atoms with van der Waals surface area (Å²) in [5, 5.41) is 2.56. The van der Waals surface area contributed by atoms with Gasteiger partial charge in [0, 0.05) is 11.0 Å². The van der Waals surface area contributed by atoms with Crippen LogP contribution in [0.5, 0.6) is 0 Å². The Morgan fingerprint density at radius 3 is 1.83 bits per heavy atom. The molecule has 0 heterocycles. The van der Waals surface area contributed by atoms with Crippen LogP contribution in [-0.4, -0.2) is 0 Å². The van der Waals surface area contributed by atoms with Gasteiger partial charge in [0.05, 0.1) is 0 Å². The summed E-state index contributed by atoms with van der Waals surface area (Å²) >= 11 is 0. The van der Waals surface area contributed by atoms with E-state index in [1.54, 1.807) is 0 Å². The van der Waals surface area contributed by atoms with Crippen molar-refractivity contribution >= 4 is 10.8 Å². The van der Waals surface area contributed by atoms with E-state index in [9.17, 15) is 0 Å². The lowest BCUT2D eigenvalue weighted by atomic mass is 9.80. The van der Waals surface area contributed by atoms with Crippen LogP contribution >= 0.6 is 0 Å². The summed E-state index contributed by atoms with van der Waals surface area (Å²) in [6.07, 6.45) is 0. The molecule has 0 atom stereocenters. The van der Waals surface area contributed by atoms with Crippen LogP contribution in [-0.2, 0) is 10.8 Å². The van der Waals surface area contributed by atoms with Crippen molar-refractivity contribution in [1.29, 1.82) is 0 Å². The number of hydrogen-bond acceptors (Lipinski definition) is 0. The van der Waals surface area contributed by atoms with Crippen molar-refractivity contribution in [3.63, 3.8) is 0 Å². The smallest absolute Gasteiger partial charge is 0.0361 e. The Morgan fingerprint density at radius 2 is 1.33 bits per heavy atom. The van der Waals surface area contributed by atoms with Gasteiger partial charge >= 0.3 is 0 Å². The average Bonchev–Trinajstić information content (AvgIpc) is 2.40. The molecule has 2 aromatic rings. The van der Waals surface area contributed by atoms with Gasteiger partial charge in [0.15, 0.2) is 0 Å². The predicted octanol–water partition coefficient (Wildman–Crippen LogP) is 6.83. The molecule has 0 aromatic heterocycles. The summed E-state index contributed by atoms with van der Waals surface area (Å²) < 4.78 is 0. The van der Waals surface area contributed by atoms with Crippen molar-refractivity contribution in [3.05, 3.63) is 47.0 Å². The highest BCUT2D eigenvalue weighted by Crippen LogP contribution is 2.33. The van der Waals surface area contributed by atoms with E-state index in [1.807, 2.05) is 0 Å². The maximum atomic E-state index is 3.51. The first-order chi connectivity index (χ1) is 10.8. The van der Waals surface area contributed by atoms with Crippen LogP contribution in [0.2, 0.25) is 0 Å².